The number of hydrogen-bond acceptors (Lipinski definition) is 4. The van der Waals surface area contributed by atoms with E-state index in [-0.39, 0.29) is 29.6 Å². The quantitative estimate of drug-likeness (QED) is 0.0430. The van der Waals surface area contributed by atoms with Gasteiger partial charge in [0.2, 0.25) is 0 Å². The van der Waals surface area contributed by atoms with Gasteiger partial charge in [0, 0.05) is 12.8 Å². The molecule has 0 aliphatic carbocycles. The molecule has 0 aromatic carbocycles. The number of rotatable bonds is 34. The molecular formula is C36H72NO4+. The lowest BCUT2D eigenvalue weighted by Gasteiger charge is -2.23. The molecule has 0 aromatic heterocycles. The minimum absolute atomic E-state index is 0.0400. The normalized spacial score (nSPS) is 11.8. The number of hydroxylamine groups is 4. The van der Waals surface area contributed by atoms with Crippen molar-refractivity contribution in [1.82, 2.24) is 0 Å². The molecule has 0 spiro atoms. The van der Waals surface area contributed by atoms with Crippen molar-refractivity contribution >= 4 is 11.6 Å². The zero-order valence-electron chi connectivity index (χ0n) is 28.3. The molecule has 0 amide bonds. The van der Waals surface area contributed by atoms with Gasteiger partial charge < -0.3 is 0 Å². The summed E-state index contributed by atoms with van der Waals surface area (Å²) in [7, 11) is 3.47. The molecule has 0 fully saturated rings. The molecule has 0 saturated carbocycles. The van der Waals surface area contributed by atoms with Crippen molar-refractivity contribution in [3.63, 3.8) is 0 Å². The molecular weight excluding hydrogens is 510 g/mol. The third-order valence-corrected chi connectivity index (χ3v) is 8.19. The Hall–Kier alpha value is -0.780. The number of carbonyl (C=O) groups excluding carboxylic acids is 2. The highest BCUT2D eigenvalue weighted by Crippen LogP contribution is 2.15. The van der Waals surface area contributed by atoms with Gasteiger partial charge in [-0.25, -0.2) is 0 Å². The monoisotopic (exact) mass is 583 g/mol. The van der Waals surface area contributed by atoms with Crippen LogP contribution >= 0.6 is 0 Å². The van der Waals surface area contributed by atoms with Crippen molar-refractivity contribution in [3.8, 4) is 0 Å². The van der Waals surface area contributed by atoms with Gasteiger partial charge in [0.15, 0.2) is 24.8 Å². The van der Waals surface area contributed by atoms with Crippen LogP contribution in [-0.4, -0.2) is 43.7 Å². The van der Waals surface area contributed by atoms with Crippen molar-refractivity contribution in [2.24, 2.45) is 0 Å². The summed E-state index contributed by atoms with van der Waals surface area (Å²) in [6, 6.07) is 0. The number of ketones is 2. The molecule has 0 unspecified atom stereocenters. The van der Waals surface area contributed by atoms with Gasteiger partial charge in [0.05, 0.1) is 0 Å². The second kappa shape index (κ2) is 30.7. The molecule has 0 radical (unpaired) electrons. The Morgan fingerprint density at radius 1 is 0.390 bits per heavy atom. The van der Waals surface area contributed by atoms with Crippen LogP contribution in [0.4, 0.5) is 0 Å². The first-order valence-corrected chi connectivity index (χ1v) is 18.1. The molecule has 0 aliphatic heterocycles. The lowest BCUT2D eigenvalue weighted by Crippen LogP contribution is -2.42. The van der Waals surface area contributed by atoms with E-state index in [4.69, 9.17) is 9.68 Å². The van der Waals surface area contributed by atoms with Crippen molar-refractivity contribution < 1.29 is 24.1 Å². The van der Waals surface area contributed by atoms with Crippen LogP contribution in [0.2, 0.25) is 0 Å². The van der Waals surface area contributed by atoms with Gasteiger partial charge in [-0.3, -0.25) is 9.59 Å². The topological polar surface area (TPSA) is 52.6 Å². The van der Waals surface area contributed by atoms with E-state index < -0.39 is 0 Å². The summed E-state index contributed by atoms with van der Waals surface area (Å²) in [6.45, 7) is 4.62. The van der Waals surface area contributed by atoms with Crippen LogP contribution < -0.4 is 0 Å². The van der Waals surface area contributed by atoms with Gasteiger partial charge in [0.25, 0.3) is 0 Å². The van der Waals surface area contributed by atoms with E-state index in [0.29, 0.717) is 12.8 Å². The number of nitrogens with zero attached hydrogens (tertiary/aromatic N) is 1. The zero-order chi connectivity index (χ0) is 30.3. The Morgan fingerprint density at radius 3 is 0.854 bits per heavy atom. The van der Waals surface area contributed by atoms with E-state index in [1.54, 1.807) is 14.1 Å². The Bertz CT molecular complexity index is 530. The van der Waals surface area contributed by atoms with Crippen LogP contribution in [0.3, 0.4) is 0 Å². The number of quaternary nitrogens is 1. The predicted molar refractivity (Wildman–Crippen MR) is 175 cm³/mol. The lowest BCUT2D eigenvalue weighted by atomic mass is 10.0. The predicted octanol–water partition coefficient (Wildman–Crippen LogP) is 11.0. The summed E-state index contributed by atoms with van der Waals surface area (Å²) in [4.78, 5) is 35.5. The molecule has 0 saturated heterocycles. The first-order valence-electron chi connectivity index (χ1n) is 18.1. The van der Waals surface area contributed by atoms with E-state index in [9.17, 15) is 9.59 Å². The molecule has 5 heteroatoms. The zero-order valence-corrected chi connectivity index (χ0v) is 28.3. The van der Waals surface area contributed by atoms with Crippen LogP contribution in [0, 0.1) is 0 Å². The largest absolute Gasteiger partial charge is 0.297 e. The molecule has 0 aromatic rings. The second-order valence-electron chi connectivity index (χ2n) is 12.9. The Labute approximate surface area is 256 Å². The van der Waals surface area contributed by atoms with Gasteiger partial charge in [-0.15, -0.1) is 0 Å². The van der Waals surface area contributed by atoms with Crippen molar-refractivity contribution in [3.05, 3.63) is 0 Å². The van der Waals surface area contributed by atoms with Crippen LogP contribution in [-0.2, 0) is 19.3 Å². The first kappa shape index (κ1) is 40.2. The number of carbonyl (C=O) groups is 2. The van der Waals surface area contributed by atoms with Gasteiger partial charge in [0.1, 0.15) is 14.1 Å². The summed E-state index contributed by atoms with van der Waals surface area (Å²) in [5.41, 5.74) is 0. The fourth-order valence-corrected chi connectivity index (χ4v) is 5.32. The molecule has 0 atom stereocenters. The van der Waals surface area contributed by atoms with E-state index in [2.05, 4.69) is 13.8 Å². The molecule has 41 heavy (non-hydrogen) atoms. The molecule has 5 nitrogen and oxygen atoms in total. The molecule has 0 bridgehead atoms. The minimum atomic E-state index is -0.214. The summed E-state index contributed by atoms with van der Waals surface area (Å²) in [6.07, 6.45) is 35.0. The van der Waals surface area contributed by atoms with Gasteiger partial charge in [-0.1, -0.05) is 168 Å². The average molecular weight is 583 g/mol. The van der Waals surface area contributed by atoms with Gasteiger partial charge in [-0.05, 0) is 17.7 Å². The first-order chi connectivity index (χ1) is 19.9. The van der Waals surface area contributed by atoms with E-state index in [1.807, 2.05) is 0 Å². The summed E-state index contributed by atoms with van der Waals surface area (Å²) < 4.78 is 0. The smallest absolute Gasteiger partial charge is 0.168 e. The highest BCUT2D eigenvalue weighted by atomic mass is 17.0. The maximum absolute atomic E-state index is 12.2. The van der Waals surface area contributed by atoms with Crippen LogP contribution in [0.25, 0.3) is 0 Å². The lowest BCUT2D eigenvalue weighted by molar-refractivity contribution is -1.22. The van der Waals surface area contributed by atoms with Crippen LogP contribution in [0.5, 0.6) is 0 Å². The van der Waals surface area contributed by atoms with Crippen molar-refractivity contribution in [1.29, 1.82) is 0 Å². The fraction of sp³-hybridized carbons (Fsp3) is 0.944. The maximum Gasteiger partial charge on any atom is 0.168 e. The molecule has 0 rings (SSSR count). The Balaban J connectivity index is 3.53. The Kier molecular flexibility index (Phi) is 30.1. The second-order valence-corrected chi connectivity index (χ2v) is 12.9. The number of Topliss-reactive ketones (excluding diaryl/α,β-unsaturated/α-hetero) is 2. The summed E-state index contributed by atoms with van der Waals surface area (Å²) in [5.74, 6) is 0.224. The van der Waals surface area contributed by atoms with Crippen LogP contribution in [0.1, 0.15) is 194 Å². The van der Waals surface area contributed by atoms with Crippen LogP contribution in [0.15, 0.2) is 0 Å². The van der Waals surface area contributed by atoms with Gasteiger partial charge in [-0.2, -0.15) is 9.68 Å². The summed E-state index contributed by atoms with van der Waals surface area (Å²) in [5, 5.41) is 0. The number of unbranched alkanes of at least 4 members (excludes halogenated alkanes) is 24. The highest BCUT2D eigenvalue weighted by molar-refractivity contribution is 5.79. The average Bonchev–Trinajstić information content (AvgIpc) is 2.96. The SMILES string of the molecule is CCCCCCCCCCCCCCCC(=O)CO[N+](C)(C)OCC(=O)CCCCCCCCCCCCCCC. The molecule has 0 N–H and O–H groups in total. The maximum atomic E-state index is 12.2. The van der Waals surface area contributed by atoms with Crippen molar-refractivity contribution in [2.75, 3.05) is 27.3 Å². The third-order valence-electron chi connectivity index (χ3n) is 8.19. The minimum Gasteiger partial charge on any atom is -0.297 e. The Morgan fingerprint density at radius 2 is 0.610 bits per heavy atom. The number of hydrogen-bond donors (Lipinski definition) is 0. The third kappa shape index (κ3) is 32.0. The summed E-state index contributed by atoms with van der Waals surface area (Å²) >= 11 is 0. The standard InChI is InChI=1S/C36H72NO4/c1-5-7-9-11-13-15-17-19-21-23-25-27-29-31-35(38)33-40-37(3,4)41-34-36(39)32-30-28-26-24-22-20-18-16-14-12-10-8-6-2/h5-34H2,1-4H3/q+1. The van der Waals surface area contributed by atoms with Crippen molar-refractivity contribution in [2.45, 2.75) is 194 Å². The van der Waals surface area contributed by atoms with E-state index >= 15 is 0 Å². The molecule has 244 valence electrons. The fourth-order valence-electron chi connectivity index (χ4n) is 5.32. The highest BCUT2D eigenvalue weighted by Gasteiger charge is 2.22. The molecule has 0 heterocycles. The molecule has 0 aliphatic rings. The van der Waals surface area contributed by atoms with Gasteiger partial charge >= 0.3 is 0 Å². The van der Waals surface area contributed by atoms with E-state index in [0.717, 1.165) is 25.7 Å². The van der Waals surface area contributed by atoms with E-state index in [1.165, 1.54) is 141 Å².